The predicted molar refractivity (Wildman–Crippen MR) is 70.2 cm³/mol. The van der Waals surface area contributed by atoms with Crippen LogP contribution in [0.25, 0.3) is 16.7 Å². The molecule has 2 aromatic carbocycles. The fourth-order valence-corrected chi connectivity index (χ4v) is 1.95. The molecule has 94 valence electrons. The number of benzene rings is 2. The molecule has 0 saturated carbocycles. The molecule has 1 heterocycles. The highest BCUT2D eigenvalue weighted by atomic mass is 16.4. The summed E-state index contributed by atoms with van der Waals surface area (Å²) < 4.78 is 1.48. The molecular weight excluding hydrogens is 244 g/mol. The standard InChI is InChI=1S/C13H10N4O2/c14-8-5-6-9(13(18)19)12(7-8)17-11-4-2-1-3-10(11)15-16-17/h1-7H,14H2,(H,18,19). The summed E-state index contributed by atoms with van der Waals surface area (Å²) in [4.78, 5) is 11.3. The highest BCUT2D eigenvalue weighted by molar-refractivity contribution is 5.93. The summed E-state index contributed by atoms with van der Waals surface area (Å²) in [6.07, 6.45) is 0. The summed E-state index contributed by atoms with van der Waals surface area (Å²) in [6, 6.07) is 11.9. The fourth-order valence-electron chi connectivity index (χ4n) is 1.95. The van der Waals surface area contributed by atoms with Gasteiger partial charge in [-0.1, -0.05) is 17.3 Å². The summed E-state index contributed by atoms with van der Waals surface area (Å²) in [5, 5.41) is 17.2. The van der Waals surface area contributed by atoms with Crippen molar-refractivity contribution in [1.29, 1.82) is 0 Å². The lowest BCUT2D eigenvalue weighted by atomic mass is 10.1. The molecule has 19 heavy (non-hydrogen) atoms. The summed E-state index contributed by atoms with van der Waals surface area (Å²) in [7, 11) is 0. The van der Waals surface area contributed by atoms with E-state index in [1.165, 1.54) is 10.7 Å². The van der Waals surface area contributed by atoms with Crippen molar-refractivity contribution in [1.82, 2.24) is 15.0 Å². The third-order valence-electron chi connectivity index (χ3n) is 2.83. The molecule has 0 amide bonds. The van der Waals surface area contributed by atoms with Crippen LogP contribution in [-0.4, -0.2) is 26.1 Å². The molecule has 0 bridgehead atoms. The molecule has 0 fully saturated rings. The van der Waals surface area contributed by atoms with Gasteiger partial charge in [0.2, 0.25) is 0 Å². The van der Waals surface area contributed by atoms with Crippen LogP contribution in [0.1, 0.15) is 10.4 Å². The van der Waals surface area contributed by atoms with Gasteiger partial charge in [-0.2, -0.15) is 0 Å². The van der Waals surface area contributed by atoms with Gasteiger partial charge in [0.1, 0.15) is 5.52 Å². The number of carboxylic acids is 1. The Morgan fingerprint density at radius 2 is 2.00 bits per heavy atom. The van der Waals surface area contributed by atoms with Gasteiger partial charge in [-0.3, -0.25) is 0 Å². The number of para-hydroxylation sites is 1. The normalized spacial score (nSPS) is 10.7. The Hall–Kier alpha value is -2.89. The lowest BCUT2D eigenvalue weighted by molar-refractivity contribution is 0.0697. The van der Waals surface area contributed by atoms with Crippen LogP contribution in [0.5, 0.6) is 0 Å². The Morgan fingerprint density at radius 1 is 1.21 bits per heavy atom. The maximum absolute atomic E-state index is 11.3. The first-order chi connectivity index (χ1) is 9.16. The van der Waals surface area contributed by atoms with Crippen molar-refractivity contribution in [3.05, 3.63) is 48.0 Å². The molecule has 0 unspecified atom stereocenters. The summed E-state index contributed by atoms with van der Waals surface area (Å²) in [6.45, 7) is 0. The number of anilines is 1. The smallest absolute Gasteiger partial charge is 0.337 e. The van der Waals surface area contributed by atoms with Crippen LogP contribution >= 0.6 is 0 Å². The second-order valence-electron chi connectivity index (χ2n) is 4.07. The van der Waals surface area contributed by atoms with Gasteiger partial charge in [0.05, 0.1) is 16.8 Å². The van der Waals surface area contributed by atoms with Crippen molar-refractivity contribution < 1.29 is 9.90 Å². The number of hydrogen-bond acceptors (Lipinski definition) is 4. The van der Waals surface area contributed by atoms with E-state index in [1.54, 1.807) is 12.1 Å². The van der Waals surface area contributed by atoms with E-state index in [-0.39, 0.29) is 5.56 Å². The monoisotopic (exact) mass is 254 g/mol. The lowest BCUT2D eigenvalue weighted by Gasteiger charge is -2.07. The molecule has 0 aliphatic rings. The minimum Gasteiger partial charge on any atom is -0.478 e. The molecule has 1 aromatic heterocycles. The van der Waals surface area contributed by atoms with Crippen molar-refractivity contribution in [2.45, 2.75) is 0 Å². The molecule has 0 aliphatic heterocycles. The first kappa shape index (κ1) is 11.2. The molecule has 6 heteroatoms. The molecule has 0 aliphatic carbocycles. The molecule has 0 spiro atoms. The minimum absolute atomic E-state index is 0.129. The molecule has 6 nitrogen and oxygen atoms in total. The topological polar surface area (TPSA) is 94.0 Å². The molecule has 3 N–H and O–H groups in total. The second kappa shape index (κ2) is 4.09. The molecule has 3 aromatic rings. The van der Waals surface area contributed by atoms with Crippen LogP contribution in [-0.2, 0) is 0 Å². The van der Waals surface area contributed by atoms with Crippen molar-refractivity contribution in [3.8, 4) is 5.69 Å². The van der Waals surface area contributed by atoms with Crippen LogP contribution in [0.4, 0.5) is 5.69 Å². The first-order valence-corrected chi connectivity index (χ1v) is 5.60. The van der Waals surface area contributed by atoms with Gasteiger partial charge in [0.15, 0.2) is 0 Å². The molecule has 0 radical (unpaired) electrons. The third-order valence-corrected chi connectivity index (χ3v) is 2.83. The first-order valence-electron chi connectivity index (χ1n) is 5.60. The number of nitrogen functional groups attached to an aromatic ring is 1. The maximum atomic E-state index is 11.3. The van der Waals surface area contributed by atoms with Crippen LogP contribution in [0.2, 0.25) is 0 Å². The highest BCUT2D eigenvalue weighted by Crippen LogP contribution is 2.21. The van der Waals surface area contributed by atoms with Crippen LogP contribution in [0.3, 0.4) is 0 Å². The SMILES string of the molecule is Nc1ccc(C(=O)O)c(-n2nnc3ccccc32)c1. The van der Waals surface area contributed by atoms with Gasteiger partial charge in [-0.25, -0.2) is 9.48 Å². The van der Waals surface area contributed by atoms with E-state index >= 15 is 0 Å². The zero-order valence-corrected chi connectivity index (χ0v) is 9.82. The molecule has 0 atom stereocenters. The maximum Gasteiger partial charge on any atom is 0.337 e. The number of aromatic nitrogens is 3. The van der Waals surface area contributed by atoms with E-state index in [1.807, 2.05) is 24.3 Å². The Kier molecular flexibility index (Phi) is 2.42. The zero-order chi connectivity index (χ0) is 13.4. The molecule has 0 saturated heterocycles. The van der Waals surface area contributed by atoms with Crippen LogP contribution in [0, 0.1) is 0 Å². The van der Waals surface area contributed by atoms with Gasteiger partial charge in [0, 0.05) is 5.69 Å². The third kappa shape index (κ3) is 1.79. The largest absolute Gasteiger partial charge is 0.478 e. The average molecular weight is 254 g/mol. The van der Waals surface area contributed by atoms with E-state index in [2.05, 4.69) is 10.3 Å². The zero-order valence-electron chi connectivity index (χ0n) is 9.82. The number of carbonyl (C=O) groups is 1. The number of nitrogens with two attached hydrogens (primary N) is 1. The number of fused-ring (bicyclic) bond motifs is 1. The number of aromatic carboxylic acids is 1. The Labute approximate surface area is 108 Å². The summed E-state index contributed by atoms with van der Waals surface area (Å²) in [5.74, 6) is -1.03. The van der Waals surface area contributed by atoms with Crippen molar-refractivity contribution in [2.24, 2.45) is 0 Å². The van der Waals surface area contributed by atoms with Gasteiger partial charge in [-0.05, 0) is 30.3 Å². The Balaban J connectivity index is 2.32. The summed E-state index contributed by atoms with van der Waals surface area (Å²) >= 11 is 0. The Morgan fingerprint density at radius 3 is 2.79 bits per heavy atom. The van der Waals surface area contributed by atoms with Crippen LogP contribution in [0.15, 0.2) is 42.5 Å². The van der Waals surface area contributed by atoms with Crippen molar-refractivity contribution in [3.63, 3.8) is 0 Å². The Bertz CT molecular complexity index is 779. The van der Waals surface area contributed by atoms with E-state index in [4.69, 9.17) is 5.73 Å². The van der Waals surface area contributed by atoms with E-state index in [0.29, 0.717) is 16.9 Å². The highest BCUT2D eigenvalue weighted by Gasteiger charge is 2.15. The second-order valence-corrected chi connectivity index (χ2v) is 4.07. The van der Waals surface area contributed by atoms with E-state index in [0.717, 1.165) is 5.52 Å². The van der Waals surface area contributed by atoms with E-state index < -0.39 is 5.97 Å². The van der Waals surface area contributed by atoms with Crippen LogP contribution < -0.4 is 5.73 Å². The van der Waals surface area contributed by atoms with Gasteiger partial charge >= 0.3 is 5.97 Å². The molecular formula is C13H10N4O2. The number of carboxylic acid groups (broad SMARTS) is 1. The predicted octanol–water partition coefficient (Wildman–Crippen LogP) is 1.70. The lowest BCUT2D eigenvalue weighted by Crippen LogP contribution is -2.07. The number of rotatable bonds is 2. The number of hydrogen-bond donors (Lipinski definition) is 2. The van der Waals surface area contributed by atoms with E-state index in [9.17, 15) is 9.90 Å². The van der Waals surface area contributed by atoms with Crippen molar-refractivity contribution in [2.75, 3.05) is 5.73 Å². The molecule has 3 rings (SSSR count). The van der Waals surface area contributed by atoms with Crippen molar-refractivity contribution >= 4 is 22.7 Å². The summed E-state index contributed by atoms with van der Waals surface area (Å²) in [5.41, 5.74) is 8.16. The minimum atomic E-state index is -1.03. The average Bonchev–Trinajstić information content (AvgIpc) is 2.82. The van der Waals surface area contributed by atoms with Gasteiger partial charge in [-0.15, -0.1) is 5.10 Å². The van der Waals surface area contributed by atoms with Gasteiger partial charge in [0.25, 0.3) is 0 Å². The fraction of sp³-hybridized carbons (Fsp3) is 0. The van der Waals surface area contributed by atoms with Gasteiger partial charge < -0.3 is 10.8 Å². The number of nitrogens with zero attached hydrogens (tertiary/aromatic N) is 3. The quantitative estimate of drug-likeness (QED) is 0.679.